The summed E-state index contributed by atoms with van der Waals surface area (Å²) in [6.45, 7) is 2.00. The first-order chi connectivity index (χ1) is 15.3. The average molecular weight is 440 g/mol. The average Bonchev–Trinajstić information content (AvgIpc) is 2.80. The maximum Gasteiger partial charge on any atom is 0.331 e. The van der Waals surface area contributed by atoms with Gasteiger partial charge in [0.2, 0.25) is 0 Å². The monoisotopic (exact) mass is 439 g/mol. The van der Waals surface area contributed by atoms with Crippen LogP contribution in [0.1, 0.15) is 24.5 Å². The van der Waals surface area contributed by atoms with E-state index >= 15 is 0 Å². The van der Waals surface area contributed by atoms with Crippen molar-refractivity contribution in [2.24, 2.45) is 0 Å². The summed E-state index contributed by atoms with van der Waals surface area (Å²) in [4.78, 5) is 25.4. The Kier molecular flexibility index (Phi) is 7.08. The normalized spacial score (nSPS) is 18.8. The van der Waals surface area contributed by atoms with Gasteiger partial charge in [-0.05, 0) is 42.2 Å². The number of hydrogen-bond donors (Lipinski definition) is 0. The summed E-state index contributed by atoms with van der Waals surface area (Å²) in [5.74, 6) is 0.823. The van der Waals surface area contributed by atoms with E-state index < -0.39 is 17.4 Å². The molecular formula is C25H29NO6. The Labute approximate surface area is 188 Å². The van der Waals surface area contributed by atoms with E-state index in [0.29, 0.717) is 30.9 Å². The Morgan fingerprint density at radius 3 is 2.59 bits per heavy atom. The molecular weight excluding hydrogens is 410 g/mol. The zero-order valence-corrected chi connectivity index (χ0v) is 19.1. The van der Waals surface area contributed by atoms with Crippen molar-refractivity contribution in [2.45, 2.75) is 25.2 Å². The fourth-order valence-electron chi connectivity index (χ4n) is 4.20. The Morgan fingerprint density at radius 1 is 1.16 bits per heavy atom. The van der Waals surface area contributed by atoms with Crippen LogP contribution in [0.25, 0.3) is 0 Å². The molecule has 0 heterocycles. The molecule has 7 heteroatoms. The van der Waals surface area contributed by atoms with Crippen molar-refractivity contribution in [1.82, 2.24) is 4.90 Å². The molecule has 0 saturated heterocycles. The van der Waals surface area contributed by atoms with E-state index in [1.54, 1.807) is 20.4 Å². The van der Waals surface area contributed by atoms with Crippen LogP contribution in [-0.2, 0) is 30.9 Å². The van der Waals surface area contributed by atoms with Crippen LogP contribution in [0.4, 0.5) is 0 Å². The number of allylic oxidation sites excluding steroid dienone is 5. The van der Waals surface area contributed by atoms with Crippen LogP contribution in [0.5, 0.6) is 11.5 Å². The second-order valence-corrected chi connectivity index (χ2v) is 7.71. The van der Waals surface area contributed by atoms with Gasteiger partial charge >= 0.3 is 11.9 Å². The molecule has 0 spiro atoms. The molecule has 2 aliphatic carbocycles. The van der Waals surface area contributed by atoms with Gasteiger partial charge in [0.05, 0.1) is 21.3 Å². The van der Waals surface area contributed by atoms with Crippen LogP contribution in [0, 0.1) is 0 Å². The summed E-state index contributed by atoms with van der Waals surface area (Å²) in [7, 11) is 6.42. The third kappa shape index (κ3) is 4.56. The molecule has 0 fully saturated rings. The molecule has 1 atom stereocenters. The number of fused-ring (bicyclic) bond motifs is 3. The second-order valence-electron chi connectivity index (χ2n) is 7.71. The highest BCUT2D eigenvalue weighted by Crippen LogP contribution is 2.52. The number of methoxy groups -OCH3 is 3. The van der Waals surface area contributed by atoms with E-state index in [4.69, 9.17) is 14.2 Å². The summed E-state index contributed by atoms with van der Waals surface area (Å²) in [5.41, 5.74) is 2.45. The Bertz CT molecular complexity index is 1020. The number of hydrogen-bond acceptors (Lipinski definition) is 7. The van der Waals surface area contributed by atoms with Crippen LogP contribution >= 0.6 is 0 Å². The predicted molar refractivity (Wildman–Crippen MR) is 120 cm³/mol. The number of esters is 2. The minimum absolute atomic E-state index is 0.414. The molecule has 170 valence electrons. The van der Waals surface area contributed by atoms with Crippen molar-refractivity contribution in [3.8, 4) is 11.5 Å². The lowest BCUT2D eigenvalue weighted by atomic mass is 9.64. The van der Waals surface area contributed by atoms with Crippen molar-refractivity contribution in [2.75, 3.05) is 34.9 Å². The van der Waals surface area contributed by atoms with Gasteiger partial charge in [-0.3, -0.25) is 4.79 Å². The lowest BCUT2D eigenvalue weighted by Gasteiger charge is -2.41. The topological polar surface area (TPSA) is 74.3 Å². The molecule has 3 rings (SSSR count). The highest BCUT2D eigenvalue weighted by molar-refractivity contribution is 5.81. The highest BCUT2D eigenvalue weighted by atomic mass is 16.6. The van der Waals surface area contributed by atoms with Crippen molar-refractivity contribution in [3.05, 3.63) is 71.2 Å². The standard InChI is InChI=1S/C25H29NO6/c1-17(27)32-24-21(30-4)11-7-18-6-8-19-9-10-20(29-3)16-25(19,23(18)24)13-15-26(2)14-12-22(28)31-5/h7-12,14,16H,6,13,15H2,1-5H3/b14-12+. The smallest absolute Gasteiger partial charge is 0.331 e. The molecule has 7 nitrogen and oxygen atoms in total. The van der Waals surface area contributed by atoms with E-state index in [1.807, 2.05) is 36.2 Å². The van der Waals surface area contributed by atoms with Crippen LogP contribution in [0.2, 0.25) is 0 Å². The first-order valence-corrected chi connectivity index (χ1v) is 10.4. The fourth-order valence-corrected chi connectivity index (χ4v) is 4.20. The minimum Gasteiger partial charge on any atom is -0.497 e. The lowest BCUT2D eigenvalue weighted by Crippen LogP contribution is -2.36. The summed E-state index contributed by atoms with van der Waals surface area (Å²) in [6.07, 6.45) is 12.7. The molecule has 0 radical (unpaired) electrons. The van der Waals surface area contributed by atoms with Gasteiger partial charge in [0, 0.05) is 43.8 Å². The van der Waals surface area contributed by atoms with Crippen molar-refractivity contribution in [3.63, 3.8) is 0 Å². The van der Waals surface area contributed by atoms with Gasteiger partial charge < -0.3 is 23.8 Å². The van der Waals surface area contributed by atoms with Crippen LogP contribution in [-0.4, -0.2) is 51.8 Å². The van der Waals surface area contributed by atoms with Crippen molar-refractivity contribution >= 4 is 11.9 Å². The minimum atomic E-state index is -0.597. The lowest BCUT2D eigenvalue weighted by molar-refractivity contribution is -0.135. The third-order valence-corrected chi connectivity index (χ3v) is 5.75. The number of carbonyl (C=O) groups excluding carboxylic acids is 2. The maximum absolute atomic E-state index is 12.0. The number of benzene rings is 1. The maximum atomic E-state index is 12.0. The molecule has 1 aromatic rings. The van der Waals surface area contributed by atoms with Gasteiger partial charge in [0.1, 0.15) is 5.76 Å². The van der Waals surface area contributed by atoms with E-state index in [0.717, 1.165) is 22.5 Å². The molecule has 2 aliphatic rings. The first kappa shape index (κ1) is 23.2. The molecule has 0 saturated carbocycles. The number of ether oxygens (including phenoxy) is 4. The Hall–Kier alpha value is -3.48. The van der Waals surface area contributed by atoms with Gasteiger partial charge in [-0.25, -0.2) is 4.79 Å². The second kappa shape index (κ2) is 9.77. The number of carbonyl (C=O) groups is 2. The third-order valence-electron chi connectivity index (χ3n) is 5.75. The van der Waals surface area contributed by atoms with Gasteiger partial charge in [0.25, 0.3) is 0 Å². The summed E-state index contributed by atoms with van der Waals surface area (Å²) < 4.78 is 21.5. The van der Waals surface area contributed by atoms with Gasteiger partial charge in [-0.2, -0.15) is 0 Å². The summed E-state index contributed by atoms with van der Waals surface area (Å²) in [6, 6.07) is 3.84. The van der Waals surface area contributed by atoms with E-state index in [2.05, 4.69) is 16.9 Å². The largest absolute Gasteiger partial charge is 0.497 e. The molecule has 1 unspecified atom stereocenters. The van der Waals surface area contributed by atoms with Crippen LogP contribution < -0.4 is 9.47 Å². The Morgan fingerprint density at radius 2 is 1.94 bits per heavy atom. The molecule has 1 aromatic carbocycles. The van der Waals surface area contributed by atoms with Crippen LogP contribution in [0.15, 0.2) is 60.0 Å². The van der Waals surface area contributed by atoms with Crippen molar-refractivity contribution < 1.29 is 28.5 Å². The fraction of sp³-hybridized carbons (Fsp3) is 0.360. The molecule has 0 amide bonds. The quantitative estimate of drug-likeness (QED) is 0.349. The van der Waals surface area contributed by atoms with Crippen LogP contribution in [0.3, 0.4) is 0 Å². The summed E-state index contributed by atoms with van der Waals surface area (Å²) >= 11 is 0. The van der Waals surface area contributed by atoms with Gasteiger partial charge in [-0.15, -0.1) is 0 Å². The van der Waals surface area contributed by atoms with E-state index in [1.165, 1.54) is 20.1 Å². The molecule has 0 aliphatic heterocycles. The van der Waals surface area contributed by atoms with E-state index in [9.17, 15) is 9.59 Å². The van der Waals surface area contributed by atoms with Crippen molar-refractivity contribution in [1.29, 1.82) is 0 Å². The van der Waals surface area contributed by atoms with E-state index in [-0.39, 0.29) is 0 Å². The molecule has 0 aromatic heterocycles. The zero-order valence-electron chi connectivity index (χ0n) is 19.1. The summed E-state index contributed by atoms with van der Waals surface area (Å²) in [5, 5.41) is 0. The number of nitrogens with zero attached hydrogens (tertiary/aromatic N) is 1. The SMILES string of the molecule is COC(=O)/C=C/N(C)CCC12C=C(OC)C=CC1=CCc1ccc(OC)c(OC(C)=O)c12. The molecule has 32 heavy (non-hydrogen) atoms. The molecule has 0 N–H and O–H groups in total. The molecule has 0 bridgehead atoms. The van der Waals surface area contributed by atoms with Gasteiger partial charge in [-0.1, -0.05) is 18.2 Å². The Balaban J connectivity index is 2.12. The highest BCUT2D eigenvalue weighted by Gasteiger charge is 2.43. The van der Waals surface area contributed by atoms with Gasteiger partial charge in [0.15, 0.2) is 11.5 Å². The number of rotatable bonds is 8. The zero-order chi connectivity index (χ0) is 23.3. The first-order valence-electron chi connectivity index (χ1n) is 10.4. The predicted octanol–water partition coefficient (Wildman–Crippen LogP) is 3.45.